The molecule has 1 aliphatic rings. The molecule has 1 aromatic rings. The number of carbonyl (C=O) groups is 2. The van der Waals surface area contributed by atoms with E-state index in [1.165, 1.54) is 0 Å². The van der Waals surface area contributed by atoms with Crippen LogP contribution in [0.25, 0.3) is 0 Å². The Balaban J connectivity index is 0.000000287. The molecule has 1 heterocycles. The van der Waals surface area contributed by atoms with Crippen LogP contribution in [0.1, 0.15) is 44.1 Å². The molecule has 5 heteroatoms. The van der Waals surface area contributed by atoms with Crippen LogP contribution in [0.4, 0.5) is 0 Å². The Morgan fingerprint density at radius 2 is 1.95 bits per heavy atom. The number of esters is 2. The van der Waals surface area contributed by atoms with E-state index in [2.05, 4.69) is 4.74 Å². The average molecular weight is 308 g/mol. The molecule has 0 saturated carbocycles. The maximum Gasteiger partial charge on any atom is 0.306 e. The van der Waals surface area contributed by atoms with Crippen molar-refractivity contribution in [1.29, 1.82) is 0 Å². The Hall–Kier alpha value is -1.88. The summed E-state index contributed by atoms with van der Waals surface area (Å²) >= 11 is 0. The van der Waals surface area contributed by atoms with Gasteiger partial charge in [-0.15, -0.1) is 0 Å². The van der Waals surface area contributed by atoms with Gasteiger partial charge in [0.25, 0.3) is 0 Å². The third-order valence-corrected chi connectivity index (χ3v) is 3.07. The second-order valence-electron chi connectivity index (χ2n) is 5.00. The SMILES string of the molecule is O=C(CCCCO)OCc1ccccc1.O=C1CCCCO1. The van der Waals surface area contributed by atoms with Crippen molar-refractivity contribution < 1.29 is 24.2 Å². The number of aliphatic hydroxyl groups excluding tert-OH is 1. The third-order valence-electron chi connectivity index (χ3n) is 3.07. The first-order valence-electron chi connectivity index (χ1n) is 7.68. The summed E-state index contributed by atoms with van der Waals surface area (Å²) in [5.74, 6) is -0.237. The molecule has 5 nitrogen and oxygen atoms in total. The van der Waals surface area contributed by atoms with Crippen molar-refractivity contribution in [3.63, 3.8) is 0 Å². The highest BCUT2D eigenvalue weighted by Crippen LogP contribution is 2.04. The van der Waals surface area contributed by atoms with Crippen molar-refractivity contribution in [2.75, 3.05) is 13.2 Å². The number of hydrogen-bond acceptors (Lipinski definition) is 5. The lowest BCUT2D eigenvalue weighted by molar-refractivity contribution is -0.147. The first-order chi connectivity index (χ1) is 10.7. The summed E-state index contributed by atoms with van der Waals surface area (Å²) in [4.78, 5) is 21.4. The molecule has 0 radical (unpaired) electrons. The van der Waals surface area contributed by atoms with E-state index in [9.17, 15) is 9.59 Å². The van der Waals surface area contributed by atoms with Gasteiger partial charge in [-0.05, 0) is 31.2 Å². The van der Waals surface area contributed by atoms with Gasteiger partial charge in [0.05, 0.1) is 6.61 Å². The van der Waals surface area contributed by atoms with Gasteiger partial charge in [-0.2, -0.15) is 0 Å². The van der Waals surface area contributed by atoms with E-state index >= 15 is 0 Å². The molecule has 0 amide bonds. The molecule has 1 aromatic carbocycles. The molecule has 1 saturated heterocycles. The van der Waals surface area contributed by atoms with Crippen LogP contribution >= 0.6 is 0 Å². The van der Waals surface area contributed by atoms with E-state index in [4.69, 9.17) is 9.84 Å². The van der Waals surface area contributed by atoms with Crippen LogP contribution in [0, 0.1) is 0 Å². The van der Waals surface area contributed by atoms with Crippen LogP contribution < -0.4 is 0 Å². The van der Waals surface area contributed by atoms with E-state index in [1.54, 1.807) is 0 Å². The van der Waals surface area contributed by atoms with E-state index < -0.39 is 0 Å². The molecule has 2 rings (SSSR count). The molecule has 122 valence electrons. The number of benzene rings is 1. The Kier molecular flexibility index (Phi) is 9.70. The van der Waals surface area contributed by atoms with Crippen molar-refractivity contribution in [1.82, 2.24) is 0 Å². The fourth-order valence-electron chi connectivity index (χ4n) is 1.82. The highest BCUT2D eigenvalue weighted by molar-refractivity contribution is 5.69. The number of cyclic esters (lactones) is 1. The van der Waals surface area contributed by atoms with Gasteiger partial charge in [-0.3, -0.25) is 9.59 Å². The normalized spacial score (nSPS) is 13.6. The van der Waals surface area contributed by atoms with Crippen molar-refractivity contribution in [2.45, 2.75) is 45.1 Å². The summed E-state index contributed by atoms with van der Waals surface area (Å²) < 4.78 is 9.69. The predicted molar refractivity (Wildman–Crippen MR) is 82.0 cm³/mol. The molecule has 0 atom stereocenters. The van der Waals surface area contributed by atoms with Crippen LogP contribution in [-0.4, -0.2) is 30.3 Å². The highest BCUT2D eigenvalue weighted by Gasteiger charge is 2.06. The Bertz CT molecular complexity index is 422. The van der Waals surface area contributed by atoms with Crippen LogP contribution in [-0.2, 0) is 25.7 Å². The second-order valence-corrected chi connectivity index (χ2v) is 5.00. The molecule has 1 fully saturated rings. The van der Waals surface area contributed by atoms with Crippen molar-refractivity contribution >= 4 is 11.9 Å². The lowest BCUT2D eigenvalue weighted by atomic mass is 10.2. The average Bonchev–Trinajstić information content (AvgIpc) is 2.55. The van der Waals surface area contributed by atoms with Crippen LogP contribution in [0.2, 0.25) is 0 Å². The molecule has 0 unspecified atom stereocenters. The maximum absolute atomic E-state index is 11.2. The van der Waals surface area contributed by atoms with Gasteiger partial charge in [0, 0.05) is 19.4 Å². The summed E-state index contributed by atoms with van der Waals surface area (Å²) in [6.07, 6.45) is 4.41. The van der Waals surface area contributed by atoms with E-state index in [0.717, 1.165) is 18.4 Å². The fraction of sp³-hybridized carbons (Fsp3) is 0.529. The van der Waals surface area contributed by atoms with Gasteiger partial charge >= 0.3 is 11.9 Å². The minimum atomic E-state index is -0.202. The summed E-state index contributed by atoms with van der Waals surface area (Å²) in [5, 5.41) is 8.53. The first-order valence-corrected chi connectivity index (χ1v) is 7.68. The van der Waals surface area contributed by atoms with Crippen molar-refractivity contribution in [3.05, 3.63) is 35.9 Å². The minimum absolute atomic E-state index is 0.0359. The summed E-state index contributed by atoms with van der Waals surface area (Å²) in [7, 11) is 0. The molecule has 0 aliphatic carbocycles. The monoisotopic (exact) mass is 308 g/mol. The number of aliphatic hydroxyl groups is 1. The van der Waals surface area contributed by atoms with E-state index in [-0.39, 0.29) is 18.5 Å². The first kappa shape index (κ1) is 18.2. The van der Waals surface area contributed by atoms with Crippen LogP contribution in [0.3, 0.4) is 0 Å². The van der Waals surface area contributed by atoms with Crippen LogP contribution in [0.15, 0.2) is 30.3 Å². The topological polar surface area (TPSA) is 72.8 Å². The molecular weight excluding hydrogens is 284 g/mol. The van der Waals surface area contributed by atoms with Crippen molar-refractivity contribution in [2.24, 2.45) is 0 Å². The fourth-order valence-corrected chi connectivity index (χ4v) is 1.82. The van der Waals surface area contributed by atoms with Gasteiger partial charge < -0.3 is 14.6 Å². The predicted octanol–water partition coefficient (Wildman–Crippen LogP) is 2.61. The molecule has 0 bridgehead atoms. The van der Waals surface area contributed by atoms with Gasteiger partial charge in [0.15, 0.2) is 0 Å². The highest BCUT2D eigenvalue weighted by atomic mass is 16.5. The molecular formula is C17H24O5. The van der Waals surface area contributed by atoms with Gasteiger partial charge in [0.2, 0.25) is 0 Å². The van der Waals surface area contributed by atoms with E-state index in [1.807, 2.05) is 30.3 Å². The second kappa shape index (κ2) is 11.7. The van der Waals surface area contributed by atoms with E-state index in [0.29, 0.717) is 38.9 Å². The Morgan fingerprint density at radius 1 is 1.18 bits per heavy atom. The molecule has 0 aromatic heterocycles. The lowest BCUT2D eigenvalue weighted by Gasteiger charge is -2.08. The summed E-state index contributed by atoms with van der Waals surface area (Å²) in [6, 6.07) is 9.58. The largest absolute Gasteiger partial charge is 0.466 e. The Morgan fingerprint density at radius 3 is 2.50 bits per heavy atom. The molecule has 22 heavy (non-hydrogen) atoms. The molecule has 1 N–H and O–H groups in total. The number of hydrogen-bond donors (Lipinski definition) is 1. The maximum atomic E-state index is 11.2. The molecule has 1 aliphatic heterocycles. The van der Waals surface area contributed by atoms with Gasteiger partial charge in [-0.25, -0.2) is 0 Å². The zero-order chi connectivity index (χ0) is 16.0. The smallest absolute Gasteiger partial charge is 0.306 e. The van der Waals surface area contributed by atoms with Crippen LogP contribution in [0.5, 0.6) is 0 Å². The minimum Gasteiger partial charge on any atom is -0.466 e. The zero-order valence-electron chi connectivity index (χ0n) is 12.8. The van der Waals surface area contributed by atoms with Gasteiger partial charge in [0.1, 0.15) is 6.61 Å². The standard InChI is InChI=1S/C12H16O3.C5H8O2/c13-9-5-4-8-12(14)15-10-11-6-2-1-3-7-11;6-5-3-1-2-4-7-5/h1-3,6-7,13H,4-5,8-10H2;1-4H2. The van der Waals surface area contributed by atoms with Gasteiger partial charge in [-0.1, -0.05) is 30.3 Å². The number of carbonyl (C=O) groups excluding carboxylic acids is 2. The summed E-state index contributed by atoms with van der Waals surface area (Å²) in [5.41, 5.74) is 0.994. The number of ether oxygens (including phenoxy) is 2. The number of unbranched alkanes of at least 4 members (excludes halogenated alkanes) is 1. The summed E-state index contributed by atoms with van der Waals surface area (Å²) in [6.45, 7) is 1.10. The quantitative estimate of drug-likeness (QED) is 0.646. The Labute approximate surface area is 131 Å². The zero-order valence-corrected chi connectivity index (χ0v) is 12.8. The third kappa shape index (κ3) is 9.13. The molecule has 0 spiro atoms. The lowest BCUT2D eigenvalue weighted by Crippen LogP contribution is -2.10. The number of rotatable bonds is 6. The van der Waals surface area contributed by atoms with Crippen molar-refractivity contribution in [3.8, 4) is 0 Å².